The minimum absolute atomic E-state index is 0.147. The largest absolute Gasteiger partial charge is 0.383 e. The van der Waals surface area contributed by atoms with Crippen molar-refractivity contribution in [2.75, 3.05) is 37.9 Å². The first kappa shape index (κ1) is 22.3. The fourth-order valence-corrected chi connectivity index (χ4v) is 3.30. The van der Waals surface area contributed by atoms with Crippen molar-refractivity contribution in [1.82, 2.24) is 29.6 Å². The number of methoxy groups -OCH3 is 1. The molecule has 3 aromatic rings. The van der Waals surface area contributed by atoms with Gasteiger partial charge < -0.3 is 20.3 Å². The van der Waals surface area contributed by atoms with E-state index in [1.807, 2.05) is 12.1 Å². The number of hydrogen-bond donors (Lipinski definition) is 2. The van der Waals surface area contributed by atoms with E-state index in [2.05, 4.69) is 30.7 Å². The lowest BCUT2D eigenvalue weighted by molar-refractivity contribution is 0.0739. The van der Waals surface area contributed by atoms with Crippen LogP contribution in [0.2, 0.25) is 0 Å². The minimum atomic E-state index is -0.446. The number of ether oxygens (including phenoxy) is 1. The van der Waals surface area contributed by atoms with Crippen molar-refractivity contribution in [2.24, 2.45) is 7.05 Å². The number of aromatic nitrogens is 5. The van der Waals surface area contributed by atoms with E-state index in [1.165, 1.54) is 15.9 Å². The number of aryl methyl sites for hydroxylation is 1. The molecule has 11 heteroatoms. The summed E-state index contributed by atoms with van der Waals surface area (Å²) in [5, 5.41) is 10.2. The second kappa shape index (κ2) is 9.74. The summed E-state index contributed by atoms with van der Waals surface area (Å²) in [6, 6.07) is 3.75. The molecule has 1 aliphatic rings. The van der Waals surface area contributed by atoms with Crippen molar-refractivity contribution in [1.29, 1.82) is 0 Å². The molecule has 0 unspecified atom stereocenters. The normalized spacial score (nSPS) is 12.9. The van der Waals surface area contributed by atoms with Crippen LogP contribution in [0.1, 0.15) is 45.4 Å². The summed E-state index contributed by atoms with van der Waals surface area (Å²) in [4.78, 5) is 40.3. The van der Waals surface area contributed by atoms with Crippen LogP contribution in [0.5, 0.6) is 0 Å². The van der Waals surface area contributed by atoms with E-state index in [0.29, 0.717) is 36.1 Å². The highest BCUT2D eigenvalue weighted by Gasteiger charge is 2.28. The molecule has 0 aliphatic heterocycles. The van der Waals surface area contributed by atoms with E-state index in [-0.39, 0.29) is 17.3 Å². The van der Waals surface area contributed by atoms with Crippen LogP contribution < -0.4 is 10.6 Å². The Hall–Kier alpha value is -3.86. The molecule has 0 bridgehead atoms. The van der Waals surface area contributed by atoms with Crippen LogP contribution in [0.3, 0.4) is 0 Å². The number of carbonyl (C=O) groups is 2. The number of rotatable bonds is 9. The molecule has 1 aliphatic carbocycles. The quantitative estimate of drug-likeness (QED) is 0.508. The highest BCUT2D eigenvalue weighted by Crippen LogP contribution is 2.39. The van der Waals surface area contributed by atoms with E-state index in [4.69, 9.17) is 4.74 Å². The number of pyridine rings is 1. The Morgan fingerprint density at radius 1 is 1.18 bits per heavy atom. The molecule has 1 fully saturated rings. The number of likely N-dealkylation sites (N-methyl/N-ethyl adjacent to an activating group) is 1. The van der Waals surface area contributed by atoms with Crippen LogP contribution >= 0.6 is 0 Å². The Bertz CT molecular complexity index is 1140. The molecule has 2 amide bonds. The van der Waals surface area contributed by atoms with Crippen LogP contribution in [0, 0.1) is 0 Å². The third-order valence-electron chi connectivity index (χ3n) is 5.22. The number of nitrogens with one attached hydrogen (secondary N) is 2. The molecule has 0 atom stereocenters. The molecular weight excluding hydrogens is 424 g/mol. The highest BCUT2D eigenvalue weighted by atomic mass is 16.5. The number of anilines is 3. The fraction of sp³-hybridized carbons (Fsp3) is 0.364. The number of hydrogen-bond acceptors (Lipinski definition) is 8. The lowest BCUT2D eigenvalue weighted by Crippen LogP contribution is -2.31. The summed E-state index contributed by atoms with van der Waals surface area (Å²) in [6.07, 6.45) is 8.36. The van der Waals surface area contributed by atoms with Gasteiger partial charge in [0.2, 0.25) is 0 Å². The Labute approximate surface area is 191 Å². The van der Waals surface area contributed by atoms with E-state index in [1.54, 1.807) is 39.8 Å². The smallest absolute Gasteiger partial charge is 0.276 e. The first-order chi connectivity index (χ1) is 16.0. The van der Waals surface area contributed by atoms with Crippen LogP contribution in [0.25, 0.3) is 0 Å². The summed E-state index contributed by atoms with van der Waals surface area (Å²) in [5.74, 6) is -0.392. The predicted molar refractivity (Wildman–Crippen MR) is 122 cm³/mol. The first-order valence-electron chi connectivity index (χ1n) is 10.6. The SMILES string of the molecule is COCCN(C)C(=O)c1nn(C)cc1NC(=O)c1nc(C2CC2)ccc1Nc1cncnc1. The standard InChI is InChI=1S/C22H26N8O3/c1-29(8-9-33-3)22(32)20-18(12-30(2)28-20)27-21(31)19-17(25-15-10-23-13-24-11-15)7-6-16(26-19)14-4-5-14/h6-7,10-14,25H,4-5,8-9H2,1-3H3,(H,27,31). The van der Waals surface area contributed by atoms with Gasteiger partial charge in [-0.15, -0.1) is 0 Å². The number of nitrogens with zero attached hydrogens (tertiary/aromatic N) is 6. The summed E-state index contributed by atoms with van der Waals surface area (Å²) in [6.45, 7) is 0.796. The molecule has 0 radical (unpaired) electrons. The van der Waals surface area contributed by atoms with Gasteiger partial charge in [-0.25, -0.2) is 15.0 Å². The predicted octanol–water partition coefficient (Wildman–Crippen LogP) is 2.20. The average molecular weight is 451 g/mol. The zero-order valence-electron chi connectivity index (χ0n) is 18.8. The zero-order chi connectivity index (χ0) is 23.4. The van der Waals surface area contributed by atoms with Crippen LogP contribution in [0.4, 0.5) is 17.1 Å². The van der Waals surface area contributed by atoms with Crippen molar-refractivity contribution in [3.8, 4) is 0 Å². The maximum absolute atomic E-state index is 13.3. The molecule has 3 heterocycles. The van der Waals surface area contributed by atoms with Crippen molar-refractivity contribution >= 4 is 28.9 Å². The topological polar surface area (TPSA) is 127 Å². The van der Waals surface area contributed by atoms with Crippen molar-refractivity contribution < 1.29 is 14.3 Å². The molecule has 33 heavy (non-hydrogen) atoms. The Kier molecular flexibility index (Phi) is 6.59. The van der Waals surface area contributed by atoms with Crippen LogP contribution in [0.15, 0.2) is 37.1 Å². The minimum Gasteiger partial charge on any atom is -0.383 e. The van der Waals surface area contributed by atoms with Gasteiger partial charge in [0, 0.05) is 45.6 Å². The van der Waals surface area contributed by atoms with Gasteiger partial charge in [0.25, 0.3) is 11.8 Å². The fourth-order valence-electron chi connectivity index (χ4n) is 3.30. The molecule has 0 aromatic carbocycles. The summed E-state index contributed by atoms with van der Waals surface area (Å²) >= 11 is 0. The lowest BCUT2D eigenvalue weighted by Gasteiger charge is -2.16. The third kappa shape index (κ3) is 5.32. The van der Waals surface area contributed by atoms with Crippen molar-refractivity contribution in [3.63, 3.8) is 0 Å². The maximum atomic E-state index is 13.3. The molecular formula is C22H26N8O3. The third-order valence-corrected chi connectivity index (χ3v) is 5.22. The van der Waals surface area contributed by atoms with Gasteiger partial charge in [0.15, 0.2) is 11.4 Å². The molecule has 2 N–H and O–H groups in total. The van der Waals surface area contributed by atoms with Crippen molar-refractivity contribution in [3.05, 3.63) is 54.1 Å². The van der Waals surface area contributed by atoms with Crippen LogP contribution in [-0.4, -0.2) is 68.8 Å². The van der Waals surface area contributed by atoms with Crippen LogP contribution in [-0.2, 0) is 11.8 Å². The summed E-state index contributed by atoms with van der Waals surface area (Å²) in [5.41, 5.74) is 2.69. The van der Waals surface area contributed by atoms with Gasteiger partial charge in [0.1, 0.15) is 6.33 Å². The monoisotopic (exact) mass is 450 g/mol. The molecule has 1 saturated carbocycles. The lowest BCUT2D eigenvalue weighted by atomic mass is 10.2. The van der Waals surface area contributed by atoms with Gasteiger partial charge in [-0.05, 0) is 25.0 Å². The Morgan fingerprint density at radius 3 is 2.64 bits per heavy atom. The molecule has 0 saturated heterocycles. The second-order valence-electron chi connectivity index (χ2n) is 7.90. The maximum Gasteiger partial charge on any atom is 0.276 e. The Balaban J connectivity index is 1.61. The summed E-state index contributed by atoms with van der Waals surface area (Å²) < 4.78 is 6.53. The van der Waals surface area contributed by atoms with Gasteiger partial charge >= 0.3 is 0 Å². The molecule has 172 valence electrons. The summed E-state index contributed by atoms with van der Waals surface area (Å²) in [7, 11) is 4.92. The second-order valence-corrected chi connectivity index (χ2v) is 7.90. The number of carbonyl (C=O) groups excluding carboxylic acids is 2. The average Bonchev–Trinajstić information content (AvgIpc) is 3.60. The van der Waals surface area contributed by atoms with Gasteiger partial charge in [-0.3, -0.25) is 14.3 Å². The van der Waals surface area contributed by atoms with Gasteiger partial charge in [-0.1, -0.05) is 0 Å². The molecule has 4 rings (SSSR count). The van der Waals surface area contributed by atoms with Crippen molar-refractivity contribution in [2.45, 2.75) is 18.8 Å². The van der Waals surface area contributed by atoms with E-state index in [0.717, 1.165) is 18.5 Å². The van der Waals surface area contributed by atoms with E-state index in [9.17, 15) is 9.59 Å². The Morgan fingerprint density at radius 2 is 1.94 bits per heavy atom. The van der Waals surface area contributed by atoms with Gasteiger partial charge in [0.05, 0.1) is 36.1 Å². The van der Waals surface area contributed by atoms with E-state index < -0.39 is 5.91 Å². The zero-order valence-corrected chi connectivity index (χ0v) is 18.8. The van der Waals surface area contributed by atoms with E-state index >= 15 is 0 Å². The highest BCUT2D eigenvalue weighted by molar-refractivity contribution is 6.10. The molecule has 11 nitrogen and oxygen atoms in total. The molecule has 0 spiro atoms. The van der Waals surface area contributed by atoms with Gasteiger partial charge in [-0.2, -0.15) is 5.10 Å². The number of amides is 2. The first-order valence-corrected chi connectivity index (χ1v) is 10.6. The molecule has 3 aromatic heterocycles.